The summed E-state index contributed by atoms with van der Waals surface area (Å²) in [5, 5.41) is 0. The van der Waals surface area contributed by atoms with Gasteiger partial charge in [-0.25, -0.2) is 4.79 Å². The van der Waals surface area contributed by atoms with Crippen LogP contribution in [0.4, 0.5) is 5.82 Å². The smallest absolute Gasteiger partial charge is 0.351 e. The average molecular weight is 394 g/mol. The molecule has 10 heteroatoms. The molecule has 8 nitrogen and oxygen atoms in total. The molecule has 0 spiro atoms. The number of ether oxygens (including phenoxy) is 1. The van der Waals surface area contributed by atoms with Crippen molar-refractivity contribution in [3.8, 4) is 0 Å². The van der Waals surface area contributed by atoms with Crippen LogP contribution < -0.4 is 11.4 Å². The van der Waals surface area contributed by atoms with Gasteiger partial charge in [-0.3, -0.25) is 9.13 Å². The minimum absolute atomic E-state index is 0.164. The van der Waals surface area contributed by atoms with Gasteiger partial charge in [0.1, 0.15) is 12.0 Å². The minimum Gasteiger partial charge on any atom is -0.383 e. The molecular weight excluding hydrogens is 369 g/mol. The van der Waals surface area contributed by atoms with Crippen LogP contribution in [0.2, 0.25) is 0 Å². The van der Waals surface area contributed by atoms with Crippen molar-refractivity contribution in [3.05, 3.63) is 22.7 Å². The first-order valence-corrected chi connectivity index (χ1v) is 10.6. The van der Waals surface area contributed by atoms with Gasteiger partial charge in [-0.05, 0) is 39.2 Å². The maximum absolute atomic E-state index is 12.6. The van der Waals surface area contributed by atoms with Gasteiger partial charge in [-0.1, -0.05) is 0 Å². The van der Waals surface area contributed by atoms with Crippen LogP contribution in [0.1, 0.15) is 39.3 Å². The second kappa shape index (κ2) is 8.64. The summed E-state index contributed by atoms with van der Waals surface area (Å²) in [6.07, 6.45) is 2.95. The van der Waals surface area contributed by atoms with Crippen molar-refractivity contribution >= 4 is 25.0 Å². The molecule has 25 heavy (non-hydrogen) atoms. The number of anilines is 1. The monoisotopic (exact) mass is 393 g/mol. The van der Waals surface area contributed by atoms with Crippen LogP contribution in [0.15, 0.2) is 17.1 Å². The van der Waals surface area contributed by atoms with E-state index in [0.717, 1.165) is 0 Å². The molecule has 0 radical (unpaired) electrons. The van der Waals surface area contributed by atoms with Gasteiger partial charge >= 0.3 is 13.3 Å². The molecule has 0 aromatic carbocycles. The standard InChI is InChI=1S/C15H25ClN3O5P/c1-3-22-25(21,23-4-2)10-8-15(11-16)7-5-13(24-15)19-9-6-12(17)18-14(19)20/h6,9,13H,3-5,7-8,10-11H2,1-2H3,(H2,17,18,20)/t13?,15-/m0/s1. The predicted molar refractivity (Wildman–Crippen MR) is 96.1 cm³/mol. The first-order valence-electron chi connectivity index (χ1n) is 8.33. The molecule has 0 amide bonds. The first kappa shape index (κ1) is 20.4. The molecule has 2 rings (SSSR count). The Bertz CT molecular complexity index is 675. The molecule has 1 aromatic heterocycles. The Morgan fingerprint density at radius 2 is 2.16 bits per heavy atom. The van der Waals surface area contributed by atoms with Gasteiger partial charge in [-0.2, -0.15) is 4.98 Å². The van der Waals surface area contributed by atoms with E-state index in [4.69, 9.17) is 31.1 Å². The highest BCUT2D eigenvalue weighted by molar-refractivity contribution is 7.53. The van der Waals surface area contributed by atoms with Crippen molar-refractivity contribution in [1.82, 2.24) is 9.55 Å². The lowest BCUT2D eigenvalue weighted by molar-refractivity contribution is -0.0625. The summed E-state index contributed by atoms with van der Waals surface area (Å²) in [4.78, 5) is 15.7. The fourth-order valence-electron chi connectivity index (χ4n) is 2.88. The van der Waals surface area contributed by atoms with Crippen LogP contribution in [0.5, 0.6) is 0 Å². The zero-order chi connectivity index (χ0) is 18.5. The van der Waals surface area contributed by atoms with Gasteiger partial charge < -0.3 is 19.5 Å². The molecule has 1 aliphatic rings. The maximum Gasteiger partial charge on any atom is 0.351 e. The zero-order valence-electron chi connectivity index (χ0n) is 14.5. The van der Waals surface area contributed by atoms with Crippen molar-refractivity contribution in [1.29, 1.82) is 0 Å². The van der Waals surface area contributed by atoms with Crippen molar-refractivity contribution < 1.29 is 18.3 Å². The molecule has 1 unspecified atom stereocenters. The second-order valence-corrected chi connectivity index (χ2v) is 8.34. The number of aromatic nitrogens is 2. The fraction of sp³-hybridized carbons (Fsp3) is 0.733. The molecule has 1 fully saturated rings. The highest BCUT2D eigenvalue weighted by atomic mass is 35.5. The molecule has 2 heterocycles. The van der Waals surface area contributed by atoms with Crippen molar-refractivity contribution in [3.63, 3.8) is 0 Å². The molecule has 2 atom stereocenters. The van der Waals surface area contributed by atoms with E-state index in [1.807, 2.05) is 0 Å². The Balaban J connectivity index is 2.09. The van der Waals surface area contributed by atoms with Gasteiger partial charge in [0.05, 0.1) is 30.9 Å². The topological polar surface area (TPSA) is 106 Å². The highest BCUT2D eigenvalue weighted by Gasteiger charge is 2.42. The Morgan fingerprint density at radius 1 is 1.48 bits per heavy atom. The van der Waals surface area contributed by atoms with Crippen molar-refractivity contribution in [2.45, 2.75) is 44.9 Å². The number of alkyl halides is 1. The summed E-state index contributed by atoms with van der Waals surface area (Å²) in [5.74, 6) is 0.385. The van der Waals surface area contributed by atoms with E-state index in [2.05, 4.69) is 4.98 Å². The van der Waals surface area contributed by atoms with E-state index >= 15 is 0 Å². The number of halogens is 1. The number of nitrogens with zero attached hydrogens (tertiary/aromatic N) is 2. The lowest BCUT2D eigenvalue weighted by Gasteiger charge is -2.29. The summed E-state index contributed by atoms with van der Waals surface area (Å²) in [6.45, 7) is 4.15. The van der Waals surface area contributed by atoms with E-state index in [1.165, 1.54) is 4.57 Å². The molecule has 0 saturated carbocycles. The van der Waals surface area contributed by atoms with Crippen LogP contribution in [0.3, 0.4) is 0 Å². The van der Waals surface area contributed by atoms with Gasteiger partial charge in [0.2, 0.25) is 0 Å². The lowest BCUT2D eigenvalue weighted by Crippen LogP contribution is -2.34. The third-order valence-electron chi connectivity index (χ3n) is 4.13. The lowest BCUT2D eigenvalue weighted by atomic mass is 9.99. The summed E-state index contributed by atoms with van der Waals surface area (Å²) >= 11 is 6.15. The van der Waals surface area contributed by atoms with Crippen LogP contribution in [0.25, 0.3) is 0 Å². The Kier molecular flexibility index (Phi) is 7.05. The van der Waals surface area contributed by atoms with E-state index in [1.54, 1.807) is 26.1 Å². The zero-order valence-corrected chi connectivity index (χ0v) is 16.2. The molecule has 1 aliphatic heterocycles. The number of hydrogen-bond acceptors (Lipinski definition) is 7. The molecule has 142 valence electrons. The van der Waals surface area contributed by atoms with Crippen LogP contribution >= 0.6 is 19.2 Å². The van der Waals surface area contributed by atoms with Crippen LogP contribution in [-0.4, -0.2) is 40.4 Å². The van der Waals surface area contributed by atoms with Crippen molar-refractivity contribution in [2.24, 2.45) is 0 Å². The van der Waals surface area contributed by atoms with E-state index in [0.29, 0.717) is 32.5 Å². The third-order valence-corrected chi connectivity index (χ3v) is 6.69. The molecule has 1 saturated heterocycles. The predicted octanol–water partition coefficient (Wildman–Crippen LogP) is 2.77. The molecular formula is C15H25ClN3O5P. The summed E-state index contributed by atoms with van der Waals surface area (Å²) in [6, 6.07) is 1.55. The van der Waals surface area contributed by atoms with Gasteiger partial charge in [-0.15, -0.1) is 11.6 Å². The number of rotatable bonds is 9. The summed E-state index contributed by atoms with van der Waals surface area (Å²) in [5.41, 5.74) is 4.36. The SMILES string of the molecule is CCOP(=O)(CC[C@]1(CCl)CCC(n2ccc(N)nc2=O)O1)OCC. The fourth-order valence-corrected chi connectivity index (χ4v) is 5.01. The Labute approximate surface area is 152 Å². The quantitative estimate of drug-likeness (QED) is 0.507. The number of nitrogens with two attached hydrogens (primary N) is 1. The van der Waals surface area contributed by atoms with E-state index in [9.17, 15) is 9.36 Å². The second-order valence-electron chi connectivity index (χ2n) is 5.89. The summed E-state index contributed by atoms with van der Waals surface area (Å²) in [7, 11) is -3.17. The Hall–Kier alpha value is -0.920. The third kappa shape index (κ3) is 5.05. The largest absolute Gasteiger partial charge is 0.383 e. The minimum atomic E-state index is -3.17. The Morgan fingerprint density at radius 3 is 2.72 bits per heavy atom. The maximum atomic E-state index is 12.6. The highest BCUT2D eigenvalue weighted by Crippen LogP contribution is 2.51. The number of hydrogen-bond donors (Lipinski definition) is 1. The average Bonchev–Trinajstić information content (AvgIpc) is 2.98. The first-order chi connectivity index (χ1) is 11.9. The number of nitrogen functional groups attached to an aromatic ring is 1. The van der Waals surface area contributed by atoms with Crippen LogP contribution in [0, 0.1) is 0 Å². The normalized spacial score (nSPS) is 23.9. The molecule has 0 bridgehead atoms. The van der Waals surface area contributed by atoms with Crippen molar-refractivity contribution in [2.75, 3.05) is 31.0 Å². The van der Waals surface area contributed by atoms with E-state index in [-0.39, 0.29) is 17.9 Å². The van der Waals surface area contributed by atoms with Gasteiger partial charge in [0, 0.05) is 6.20 Å². The van der Waals surface area contributed by atoms with Gasteiger partial charge in [0.25, 0.3) is 0 Å². The van der Waals surface area contributed by atoms with Crippen LogP contribution in [-0.2, 0) is 18.3 Å². The molecule has 2 N–H and O–H groups in total. The van der Waals surface area contributed by atoms with Gasteiger partial charge in [0.15, 0.2) is 0 Å². The summed E-state index contributed by atoms with van der Waals surface area (Å²) < 4.78 is 30.8. The molecule has 0 aliphatic carbocycles. The van der Waals surface area contributed by atoms with E-state index < -0.39 is 25.1 Å². The molecule has 1 aromatic rings.